The molecule has 0 amide bonds. The van der Waals surface area contributed by atoms with E-state index in [1.54, 1.807) is 0 Å². The Kier molecular flexibility index (Phi) is 3.68. The van der Waals surface area contributed by atoms with Gasteiger partial charge in [-0.3, -0.25) is 4.90 Å². The molecule has 2 aliphatic heterocycles. The van der Waals surface area contributed by atoms with Crippen molar-refractivity contribution in [1.29, 1.82) is 0 Å². The van der Waals surface area contributed by atoms with Crippen LogP contribution >= 0.6 is 0 Å². The number of morpholine rings is 1. The predicted octanol–water partition coefficient (Wildman–Crippen LogP) is 2.83. The molecule has 1 aromatic carbocycles. The summed E-state index contributed by atoms with van der Waals surface area (Å²) in [6.45, 7) is 4.94. The molecule has 22 heavy (non-hydrogen) atoms. The molecule has 0 aliphatic carbocycles. The molecule has 0 saturated carbocycles. The molecule has 5 nitrogen and oxygen atoms in total. The quantitative estimate of drug-likeness (QED) is 0.872. The molecule has 3 heterocycles. The highest BCUT2D eigenvalue weighted by atomic mass is 16.5. The van der Waals surface area contributed by atoms with E-state index in [1.165, 1.54) is 18.4 Å². The third-order valence-electron chi connectivity index (χ3n) is 4.73. The van der Waals surface area contributed by atoms with E-state index in [0.717, 1.165) is 31.7 Å². The summed E-state index contributed by atoms with van der Waals surface area (Å²) in [6, 6.07) is 8.90. The first-order valence-corrected chi connectivity index (χ1v) is 8.12. The lowest BCUT2D eigenvalue weighted by atomic mass is 10.1. The molecule has 1 aromatic heterocycles. The van der Waals surface area contributed by atoms with E-state index in [-0.39, 0.29) is 6.10 Å². The second kappa shape index (κ2) is 5.82. The van der Waals surface area contributed by atoms with Crippen molar-refractivity contribution in [2.45, 2.75) is 38.3 Å². The molecule has 0 bridgehead atoms. The van der Waals surface area contributed by atoms with Gasteiger partial charge in [0.15, 0.2) is 0 Å². The van der Waals surface area contributed by atoms with Crippen LogP contribution in [0.25, 0.3) is 11.4 Å². The van der Waals surface area contributed by atoms with Gasteiger partial charge in [0.05, 0.1) is 6.61 Å². The van der Waals surface area contributed by atoms with Crippen LogP contribution in [0.15, 0.2) is 28.8 Å². The zero-order chi connectivity index (χ0) is 14.9. The monoisotopic (exact) mass is 299 g/mol. The maximum atomic E-state index is 5.93. The largest absolute Gasteiger partial charge is 0.365 e. The zero-order valence-corrected chi connectivity index (χ0v) is 12.9. The highest BCUT2D eigenvalue weighted by Gasteiger charge is 2.35. The van der Waals surface area contributed by atoms with E-state index >= 15 is 0 Å². The summed E-state index contributed by atoms with van der Waals surface area (Å²) in [5, 5.41) is 4.12. The number of benzene rings is 1. The van der Waals surface area contributed by atoms with Gasteiger partial charge >= 0.3 is 0 Å². The Morgan fingerprint density at radius 2 is 2.14 bits per heavy atom. The van der Waals surface area contributed by atoms with Crippen LogP contribution in [0, 0.1) is 0 Å². The van der Waals surface area contributed by atoms with E-state index in [0.29, 0.717) is 17.8 Å². The molecular weight excluding hydrogens is 278 g/mol. The van der Waals surface area contributed by atoms with Crippen molar-refractivity contribution < 1.29 is 9.26 Å². The maximum absolute atomic E-state index is 5.93. The van der Waals surface area contributed by atoms with Crippen LogP contribution in [-0.2, 0) is 11.2 Å². The number of hydrogen-bond donors (Lipinski definition) is 0. The third-order valence-corrected chi connectivity index (χ3v) is 4.73. The van der Waals surface area contributed by atoms with Gasteiger partial charge in [0.1, 0.15) is 6.10 Å². The Hall–Kier alpha value is -1.72. The molecule has 116 valence electrons. The van der Waals surface area contributed by atoms with Crippen molar-refractivity contribution in [3.05, 3.63) is 35.7 Å². The molecule has 2 aliphatic rings. The number of aryl methyl sites for hydroxylation is 1. The summed E-state index contributed by atoms with van der Waals surface area (Å²) < 4.78 is 11.4. The van der Waals surface area contributed by atoms with E-state index in [4.69, 9.17) is 9.26 Å². The van der Waals surface area contributed by atoms with Crippen molar-refractivity contribution in [3.8, 4) is 11.4 Å². The Bertz CT molecular complexity index is 638. The number of nitrogens with zero attached hydrogens (tertiary/aromatic N) is 3. The molecule has 2 saturated heterocycles. The van der Waals surface area contributed by atoms with E-state index in [1.807, 2.05) is 12.1 Å². The van der Waals surface area contributed by atoms with Gasteiger partial charge < -0.3 is 9.26 Å². The lowest BCUT2D eigenvalue weighted by molar-refractivity contribution is -0.0633. The van der Waals surface area contributed by atoms with Crippen LogP contribution in [0.2, 0.25) is 0 Å². The van der Waals surface area contributed by atoms with E-state index in [2.05, 4.69) is 34.1 Å². The molecule has 4 rings (SSSR count). The summed E-state index contributed by atoms with van der Waals surface area (Å²) in [7, 11) is 0. The fraction of sp³-hybridized carbons (Fsp3) is 0.529. The Morgan fingerprint density at radius 3 is 2.95 bits per heavy atom. The Morgan fingerprint density at radius 1 is 1.27 bits per heavy atom. The van der Waals surface area contributed by atoms with Crippen LogP contribution < -0.4 is 0 Å². The first-order valence-electron chi connectivity index (χ1n) is 8.12. The first kappa shape index (κ1) is 13.9. The summed E-state index contributed by atoms with van der Waals surface area (Å²) in [4.78, 5) is 7.02. The maximum Gasteiger partial charge on any atom is 0.257 e. The van der Waals surface area contributed by atoms with Crippen LogP contribution in [0.3, 0.4) is 0 Å². The zero-order valence-electron chi connectivity index (χ0n) is 12.9. The lowest BCUT2D eigenvalue weighted by Gasteiger charge is -2.33. The minimum atomic E-state index is -0.0921. The fourth-order valence-corrected chi connectivity index (χ4v) is 3.34. The number of fused-ring (bicyclic) bond motifs is 1. The molecule has 0 radical (unpaired) electrons. The Balaban J connectivity index is 1.51. The fourth-order valence-electron chi connectivity index (χ4n) is 3.34. The molecule has 2 atom stereocenters. The minimum Gasteiger partial charge on any atom is -0.365 e. The highest BCUT2D eigenvalue weighted by molar-refractivity contribution is 5.54. The molecule has 2 fully saturated rings. The van der Waals surface area contributed by atoms with E-state index < -0.39 is 0 Å². The van der Waals surface area contributed by atoms with Crippen LogP contribution in [0.1, 0.15) is 37.3 Å². The van der Waals surface area contributed by atoms with Gasteiger partial charge in [0.25, 0.3) is 5.89 Å². The molecule has 5 heteroatoms. The second-order valence-corrected chi connectivity index (χ2v) is 6.12. The standard InChI is InChI=1S/C17H21N3O2/c1-2-12-5-7-13(8-6-12)16-18-17(22-19-16)15-10-20-9-3-4-14(20)11-21-15/h5-8,14-15H,2-4,9-11H2,1H3. The molecule has 2 unspecified atom stereocenters. The first-order chi connectivity index (χ1) is 10.8. The summed E-state index contributed by atoms with van der Waals surface area (Å²) in [5.74, 6) is 1.24. The predicted molar refractivity (Wildman–Crippen MR) is 82.4 cm³/mol. The van der Waals surface area contributed by atoms with Crippen molar-refractivity contribution in [2.24, 2.45) is 0 Å². The highest BCUT2D eigenvalue weighted by Crippen LogP contribution is 2.30. The SMILES string of the molecule is CCc1ccc(-c2noc(C3CN4CCCC4CO3)n2)cc1. The van der Waals surface area contributed by atoms with E-state index in [9.17, 15) is 0 Å². The van der Waals surface area contributed by atoms with Gasteiger partial charge in [-0.2, -0.15) is 4.98 Å². The van der Waals surface area contributed by atoms with Crippen molar-refractivity contribution in [3.63, 3.8) is 0 Å². The minimum absolute atomic E-state index is 0.0921. The number of hydrogen-bond acceptors (Lipinski definition) is 5. The summed E-state index contributed by atoms with van der Waals surface area (Å²) in [6.07, 6.45) is 3.45. The summed E-state index contributed by atoms with van der Waals surface area (Å²) >= 11 is 0. The molecule has 0 spiro atoms. The van der Waals surface area contributed by atoms with Crippen molar-refractivity contribution in [1.82, 2.24) is 15.0 Å². The van der Waals surface area contributed by atoms with Crippen LogP contribution in [0.5, 0.6) is 0 Å². The molecule has 0 N–H and O–H groups in total. The number of aromatic nitrogens is 2. The average molecular weight is 299 g/mol. The molecular formula is C17H21N3O2. The van der Waals surface area contributed by atoms with Gasteiger partial charge in [0, 0.05) is 18.2 Å². The van der Waals surface area contributed by atoms with Crippen LogP contribution in [-0.4, -0.2) is 40.8 Å². The third kappa shape index (κ3) is 2.55. The van der Waals surface area contributed by atoms with Crippen molar-refractivity contribution >= 4 is 0 Å². The van der Waals surface area contributed by atoms with Gasteiger partial charge in [-0.05, 0) is 31.4 Å². The normalized spacial score (nSPS) is 25.3. The summed E-state index contributed by atoms with van der Waals surface area (Å²) in [5.41, 5.74) is 2.30. The van der Waals surface area contributed by atoms with Crippen LogP contribution in [0.4, 0.5) is 0 Å². The lowest BCUT2D eigenvalue weighted by Crippen LogP contribution is -2.42. The molecule has 2 aromatic rings. The van der Waals surface area contributed by atoms with Gasteiger partial charge in [-0.15, -0.1) is 0 Å². The Labute approximate surface area is 130 Å². The number of ether oxygens (including phenoxy) is 1. The number of rotatable bonds is 3. The average Bonchev–Trinajstić information content (AvgIpc) is 3.23. The smallest absolute Gasteiger partial charge is 0.257 e. The van der Waals surface area contributed by atoms with Gasteiger partial charge in [-0.1, -0.05) is 36.3 Å². The van der Waals surface area contributed by atoms with Gasteiger partial charge in [0.2, 0.25) is 5.82 Å². The van der Waals surface area contributed by atoms with Gasteiger partial charge in [-0.25, -0.2) is 0 Å². The van der Waals surface area contributed by atoms with Crippen molar-refractivity contribution in [2.75, 3.05) is 19.7 Å². The second-order valence-electron chi connectivity index (χ2n) is 6.12. The topological polar surface area (TPSA) is 51.4 Å².